The first-order chi connectivity index (χ1) is 10.0. The lowest BCUT2D eigenvalue weighted by atomic mass is 10.2. The molecule has 0 bridgehead atoms. The van der Waals surface area contributed by atoms with Crippen LogP contribution in [0.5, 0.6) is 0 Å². The fourth-order valence-corrected chi connectivity index (χ4v) is 1.92. The highest BCUT2D eigenvalue weighted by atomic mass is 79.9. The monoisotopic (exact) mass is 367 g/mol. The molecule has 0 radical (unpaired) electrons. The van der Waals surface area contributed by atoms with Crippen LogP contribution >= 0.6 is 28.1 Å². The van der Waals surface area contributed by atoms with Crippen LogP contribution < -0.4 is 16.2 Å². The largest absolute Gasteiger partial charge is 0.331 e. The molecule has 108 valence electrons. The van der Waals surface area contributed by atoms with Gasteiger partial charge in [-0.05, 0) is 60.7 Å². The van der Waals surface area contributed by atoms with Crippen molar-refractivity contribution in [2.24, 2.45) is 0 Å². The third kappa shape index (κ3) is 4.80. The van der Waals surface area contributed by atoms with Crippen LogP contribution in [-0.2, 0) is 0 Å². The lowest BCUT2D eigenvalue weighted by Gasteiger charge is -2.11. The summed E-state index contributed by atoms with van der Waals surface area (Å²) < 4.78 is 13.7. The van der Waals surface area contributed by atoms with E-state index in [9.17, 15) is 9.18 Å². The van der Waals surface area contributed by atoms with Gasteiger partial charge in [0, 0.05) is 15.7 Å². The molecule has 21 heavy (non-hydrogen) atoms. The van der Waals surface area contributed by atoms with Crippen LogP contribution in [0.25, 0.3) is 0 Å². The smallest absolute Gasteiger partial charge is 0.269 e. The van der Waals surface area contributed by atoms with Gasteiger partial charge in [-0.2, -0.15) is 0 Å². The van der Waals surface area contributed by atoms with Crippen molar-refractivity contribution in [1.29, 1.82) is 0 Å². The van der Waals surface area contributed by atoms with Gasteiger partial charge in [0.2, 0.25) is 0 Å². The molecule has 0 saturated carbocycles. The molecule has 0 atom stereocenters. The van der Waals surface area contributed by atoms with Crippen LogP contribution in [0, 0.1) is 5.82 Å². The quantitative estimate of drug-likeness (QED) is 0.563. The molecule has 0 fully saturated rings. The number of benzene rings is 2. The zero-order valence-corrected chi connectivity index (χ0v) is 13.1. The second-order valence-electron chi connectivity index (χ2n) is 4.05. The lowest BCUT2D eigenvalue weighted by molar-refractivity contribution is 0.0944. The number of anilines is 1. The summed E-state index contributed by atoms with van der Waals surface area (Å²) in [6, 6.07) is 12.6. The first kappa shape index (κ1) is 15.4. The maximum absolute atomic E-state index is 12.8. The van der Waals surface area contributed by atoms with Gasteiger partial charge in [0.15, 0.2) is 5.11 Å². The predicted octanol–water partition coefficient (Wildman–Crippen LogP) is 3.22. The van der Waals surface area contributed by atoms with Gasteiger partial charge in [-0.1, -0.05) is 15.9 Å². The van der Waals surface area contributed by atoms with Crippen molar-refractivity contribution in [3.05, 3.63) is 64.4 Å². The Bertz CT molecular complexity index is 646. The van der Waals surface area contributed by atoms with Gasteiger partial charge in [-0.15, -0.1) is 0 Å². The normalized spacial score (nSPS) is 9.81. The molecule has 0 aliphatic rings. The summed E-state index contributed by atoms with van der Waals surface area (Å²) in [7, 11) is 0. The maximum atomic E-state index is 12.8. The Morgan fingerprint density at radius 1 is 1.00 bits per heavy atom. The number of hydrogen-bond donors (Lipinski definition) is 3. The Morgan fingerprint density at radius 2 is 1.62 bits per heavy atom. The van der Waals surface area contributed by atoms with E-state index in [1.54, 1.807) is 0 Å². The van der Waals surface area contributed by atoms with Gasteiger partial charge in [0.1, 0.15) is 5.82 Å². The fraction of sp³-hybridized carbons (Fsp3) is 0. The summed E-state index contributed by atoms with van der Waals surface area (Å²) >= 11 is 8.38. The highest BCUT2D eigenvalue weighted by Crippen LogP contribution is 2.13. The highest BCUT2D eigenvalue weighted by molar-refractivity contribution is 9.10. The van der Waals surface area contributed by atoms with Crippen LogP contribution in [0.15, 0.2) is 53.0 Å². The Hall–Kier alpha value is -1.99. The van der Waals surface area contributed by atoms with Gasteiger partial charge in [-0.25, -0.2) is 4.39 Å². The molecule has 2 aromatic carbocycles. The molecule has 1 amide bonds. The van der Waals surface area contributed by atoms with E-state index in [0.717, 1.165) is 10.2 Å². The SMILES string of the molecule is O=C(NNC(=S)Nc1ccc(Br)cc1)c1ccc(F)cc1. The summed E-state index contributed by atoms with van der Waals surface area (Å²) in [6.07, 6.45) is 0. The standard InChI is InChI=1S/C14H11BrFN3OS/c15-10-3-7-12(8-4-10)17-14(21)19-18-13(20)9-1-5-11(16)6-2-9/h1-8H,(H,18,20)(H2,17,19,21). The van der Waals surface area contributed by atoms with Gasteiger partial charge in [-0.3, -0.25) is 15.6 Å². The Labute approximate surface area is 134 Å². The van der Waals surface area contributed by atoms with E-state index in [0.29, 0.717) is 5.56 Å². The molecule has 7 heteroatoms. The minimum Gasteiger partial charge on any atom is -0.331 e. The van der Waals surface area contributed by atoms with Crippen molar-refractivity contribution < 1.29 is 9.18 Å². The molecule has 0 aromatic heterocycles. The average molecular weight is 368 g/mol. The summed E-state index contributed by atoms with van der Waals surface area (Å²) in [5.41, 5.74) is 6.11. The molecular weight excluding hydrogens is 357 g/mol. The van der Waals surface area contributed by atoms with Gasteiger partial charge in [0.25, 0.3) is 5.91 Å². The Morgan fingerprint density at radius 3 is 2.24 bits per heavy atom. The van der Waals surface area contributed by atoms with Gasteiger partial charge in [0.05, 0.1) is 0 Å². The Kier molecular flexibility index (Phi) is 5.24. The van der Waals surface area contributed by atoms with Crippen molar-refractivity contribution >= 4 is 44.9 Å². The van der Waals surface area contributed by atoms with Crippen molar-refractivity contribution in [2.45, 2.75) is 0 Å². The van der Waals surface area contributed by atoms with Crippen LogP contribution in [0.1, 0.15) is 10.4 Å². The maximum Gasteiger partial charge on any atom is 0.269 e. The van der Waals surface area contributed by atoms with Crippen molar-refractivity contribution in [2.75, 3.05) is 5.32 Å². The van der Waals surface area contributed by atoms with Crippen molar-refractivity contribution in [1.82, 2.24) is 10.9 Å². The summed E-state index contributed by atoms with van der Waals surface area (Å²) in [5, 5.41) is 3.15. The molecule has 4 nitrogen and oxygen atoms in total. The second kappa shape index (κ2) is 7.14. The molecule has 2 rings (SSSR count). The molecule has 3 N–H and O–H groups in total. The third-order valence-corrected chi connectivity index (χ3v) is 3.23. The number of rotatable bonds is 2. The summed E-state index contributed by atoms with van der Waals surface area (Å²) in [4.78, 5) is 11.8. The Balaban J connectivity index is 1.84. The van der Waals surface area contributed by atoms with E-state index >= 15 is 0 Å². The number of carbonyl (C=O) groups is 1. The lowest BCUT2D eigenvalue weighted by Crippen LogP contribution is -2.43. The van der Waals surface area contributed by atoms with E-state index in [4.69, 9.17) is 12.2 Å². The predicted molar refractivity (Wildman–Crippen MR) is 87.4 cm³/mol. The second-order valence-corrected chi connectivity index (χ2v) is 5.37. The molecule has 2 aromatic rings. The van der Waals surface area contributed by atoms with E-state index in [2.05, 4.69) is 32.1 Å². The number of hydrazine groups is 1. The molecular formula is C14H11BrFN3OS. The number of hydrogen-bond acceptors (Lipinski definition) is 2. The van der Waals surface area contributed by atoms with Gasteiger partial charge >= 0.3 is 0 Å². The summed E-state index contributed by atoms with van der Waals surface area (Å²) in [5.74, 6) is -0.804. The number of carbonyl (C=O) groups excluding carboxylic acids is 1. The van der Waals surface area contributed by atoms with Crippen molar-refractivity contribution in [3.63, 3.8) is 0 Å². The number of thiocarbonyl (C=S) groups is 1. The third-order valence-electron chi connectivity index (χ3n) is 2.50. The number of nitrogens with one attached hydrogen (secondary N) is 3. The molecule has 0 aliphatic heterocycles. The zero-order valence-electron chi connectivity index (χ0n) is 10.7. The number of amides is 1. The molecule has 0 saturated heterocycles. The van der Waals surface area contributed by atoms with Gasteiger partial charge < -0.3 is 5.32 Å². The molecule has 0 aliphatic carbocycles. The average Bonchev–Trinajstić information content (AvgIpc) is 2.48. The van der Waals surface area contributed by atoms with E-state index < -0.39 is 11.7 Å². The first-order valence-electron chi connectivity index (χ1n) is 5.93. The summed E-state index contributed by atoms with van der Waals surface area (Å²) in [6.45, 7) is 0. The van der Waals surface area contributed by atoms with E-state index in [1.165, 1.54) is 24.3 Å². The van der Waals surface area contributed by atoms with Crippen LogP contribution in [0.2, 0.25) is 0 Å². The topological polar surface area (TPSA) is 53.2 Å². The van der Waals surface area contributed by atoms with Crippen molar-refractivity contribution in [3.8, 4) is 0 Å². The minimum atomic E-state index is -0.407. The molecule has 0 unspecified atom stereocenters. The highest BCUT2D eigenvalue weighted by Gasteiger charge is 2.05. The molecule has 0 heterocycles. The first-order valence-corrected chi connectivity index (χ1v) is 7.13. The van der Waals surface area contributed by atoms with Crippen LogP contribution in [0.4, 0.5) is 10.1 Å². The molecule has 0 spiro atoms. The zero-order chi connectivity index (χ0) is 15.2. The van der Waals surface area contributed by atoms with E-state index in [1.807, 2.05) is 24.3 Å². The fourth-order valence-electron chi connectivity index (χ4n) is 1.48. The minimum absolute atomic E-state index is 0.243. The van der Waals surface area contributed by atoms with Crippen LogP contribution in [0.3, 0.4) is 0 Å². The van der Waals surface area contributed by atoms with Crippen LogP contribution in [-0.4, -0.2) is 11.0 Å². The number of halogens is 2. The van der Waals surface area contributed by atoms with E-state index in [-0.39, 0.29) is 5.11 Å².